The van der Waals surface area contributed by atoms with Crippen LogP contribution in [0.4, 0.5) is 10.5 Å². The Hall–Kier alpha value is -2.58. The predicted molar refractivity (Wildman–Crippen MR) is 95.2 cm³/mol. The molecule has 0 aliphatic rings. The van der Waals surface area contributed by atoms with E-state index in [-0.39, 0.29) is 16.3 Å². The Morgan fingerprint density at radius 3 is 2.36 bits per heavy atom. The van der Waals surface area contributed by atoms with Crippen LogP contribution in [0, 0.1) is 0 Å². The number of hydrogen-bond donors (Lipinski definition) is 3. The number of nitrogens with one attached hydrogen (secondary N) is 3. The fraction of sp³-hybridized carbons (Fsp3) is 0.125. The van der Waals surface area contributed by atoms with Crippen molar-refractivity contribution in [3.05, 3.63) is 59.7 Å². The van der Waals surface area contributed by atoms with Crippen molar-refractivity contribution in [1.82, 2.24) is 10.0 Å². The zero-order valence-corrected chi connectivity index (χ0v) is 14.8. The molecule has 0 aliphatic heterocycles. The molecule has 0 bridgehead atoms. The van der Waals surface area contributed by atoms with Crippen molar-refractivity contribution in [1.29, 1.82) is 0 Å². The van der Waals surface area contributed by atoms with Crippen LogP contribution < -0.4 is 15.4 Å². The number of carbonyl (C=O) groups is 2. The highest BCUT2D eigenvalue weighted by atomic mass is 35.5. The summed E-state index contributed by atoms with van der Waals surface area (Å²) in [7, 11) is -2.58. The second-order valence-corrected chi connectivity index (χ2v) is 6.95. The second-order valence-electron chi connectivity index (χ2n) is 5.00. The summed E-state index contributed by atoms with van der Waals surface area (Å²) in [6.45, 7) is 0. The molecule has 0 unspecified atom stereocenters. The maximum absolute atomic E-state index is 12.3. The Morgan fingerprint density at radius 2 is 1.76 bits per heavy atom. The van der Waals surface area contributed by atoms with Crippen LogP contribution >= 0.6 is 11.6 Å². The van der Waals surface area contributed by atoms with Crippen LogP contribution in [0.2, 0.25) is 0 Å². The van der Waals surface area contributed by atoms with Crippen LogP contribution in [0.15, 0.2) is 53.4 Å². The highest BCUT2D eigenvalue weighted by molar-refractivity contribution is 7.90. The Balaban J connectivity index is 2.15. The van der Waals surface area contributed by atoms with Gasteiger partial charge in [0.15, 0.2) is 0 Å². The van der Waals surface area contributed by atoms with Crippen molar-refractivity contribution in [2.24, 2.45) is 0 Å². The van der Waals surface area contributed by atoms with Crippen LogP contribution in [0.25, 0.3) is 0 Å². The van der Waals surface area contributed by atoms with Crippen molar-refractivity contribution in [3.63, 3.8) is 0 Å². The van der Waals surface area contributed by atoms with E-state index in [1.807, 2.05) is 4.72 Å². The topological polar surface area (TPSA) is 104 Å². The van der Waals surface area contributed by atoms with Gasteiger partial charge in [-0.2, -0.15) is 0 Å². The standard InChI is InChI=1S/C16H16ClN3O4S/c1-18-16(22)19-13-5-7-14(8-6-13)25(23,24)20-15(21)12-4-2-3-11(9-12)10-17/h2-9H,10H2,1H3,(H,20,21)(H2,18,19,22). The third-order valence-electron chi connectivity index (χ3n) is 3.22. The summed E-state index contributed by atoms with van der Waals surface area (Å²) >= 11 is 5.71. The first kappa shape index (κ1) is 18.8. The zero-order valence-electron chi connectivity index (χ0n) is 13.2. The fourth-order valence-corrected chi connectivity index (χ4v) is 3.09. The molecule has 0 aromatic heterocycles. The first-order chi connectivity index (χ1) is 11.9. The van der Waals surface area contributed by atoms with Crippen molar-refractivity contribution in [3.8, 4) is 0 Å². The van der Waals surface area contributed by atoms with Gasteiger partial charge in [-0.3, -0.25) is 4.79 Å². The summed E-state index contributed by atoms with van der Waals surface area (Å²) < 4.78 is 26.6. The molecule has 2 rings (SSSR count). The third-order valence-corrected chi connectivity index (χ3v) is 4.88. The van der Waals surface area contributed by atoms with E-state index in [9.17, 15) is 18.0 Å². The zero-order chi connectivity index (χ0) is 18.4. The summed E-state index contributed by atoms with van der Waals surface area (Å²) in [5.41, 5.74) is 1.32. The maximum atomic E-state index is 12.3. The Bertz CT molecular complexity index is 883. The quantitative estimate of drug-likeness (QED) is 0.691. The van der Waals surface area contributed by atoms with Crippen LogP contribution in [-0.2, 0) is 15.9 Å². The van der Waals surface area contributed by atoms with E-state index in [0.29, 0.717) is 11.3 Å². The largest absolute Gasteiger partial charge is 0.341 e. The van der Waals surface area contributed by atoms with Crippen LogP contribution in [0.5, 0.6) is 0 Å². The van der Waals surface area contributed by atoms with Crippen LogP contribution in [-0.4, -0.2) is 27.4 Å². The molecule has 0 saturated heterocycles. The lowest BCUT2D eigenvalue weighted by molar-refractivity contribution is 0.0981. The van der Waals surface area contributed by atoms with Gasteiger partial charge in [0.25, 0.3) is 15.9 Å². The van der Waals surface area contributed by atoms with Gasteiger partial charge in [0.2, 0.25) is 0 Å². The molecule has 0 fully saturated rings. The minimum atomic E-state index is -4.04. The molecule has 7 nitrogen and oxygen atoms in total. The van der Waals surface area contributed by atoms with Gasteiger partial charge in [0.1, 0.15) is 0 Å². The average molecular weight is 382 g/mol. The normalized spacial score (nSPS) is 10.8. The SMILES string of the molecule is CNC(=O)Nc1ccc(S(=O)(=O)NC(=O)c2cccc(CCl)c2)cc1. The van der Waals surface area contributed by atoms with Crippen molar-refractivity contribution in [2.45, 2.75) is 10.8 Å². The second kappa shape index (κ2) is 8.00. The van der Waals surface area contributed by atoms with Gasteiger partial charge >= 0.3 is 6.03 Å². The molecule has 2 aromatic carbocycles. The van der Waals surface area contributed by atoms with Gasteiger partial charge in [-0.25, -0.2) is 17.9 Å². The monoisotopic (exact) mass is 381 g/mol. The van der Waals surface area contributed by atoms with E-state index in [1.54, 1.807) is 12.1 Å². The molecule has 3 amide bonds. The molecule has 9 heteroatoms. The van der Waals surface area contributed by atoms with Gasteiger partial charge in [-0.15, -0.1) is 11.6 Å². The number of sulfonamides is 1. The number of halogens is 1. The predicted octanol–water partition coefficient (Wildman–Crippen LogP) is 2.30. The number of hydrogen-bond acceptors (Lipinski definition) is 4. The molecule has 2 aromatic rings. The smallest absolute Gasteiger partial charge is 0.318 e. The van der Waals surface area contributed by atoms with E-state index in [0.717, 1.165) is 0 Å². The maximum Gasteiger partial charge on any atom is 0.318 e. The Morgan fingerprint density at radius 1 is 1.08 bits per heavy atom. The number of carbonyl (C=O) groups excluding carboxylic acids is 2. The van der Waals surface area contributed by atoms with E-state index in [2.05, 4.69) is 10.6 Å². The number of anilines is 1. The van der Waals surface area contributed by atoms with Gasteiger partial charge in [-0.05, 0) is 42.0 Å². The number of benzene rings is 2. The molecular weight excluding hydrogens is 366 g/mol. The highest BCUT2D eigenvalue weighted by Crippen LogP contribution is 2.15. The molecule has 0 radical (unpaired) electrons. The number of urea groups is 1. The van der Waals surface area contributed by atoms with E-state index >= 15 is 0 Å². The lowest BCUT2D eigenvalue weighted by Crippen LogP contribution is -2.30. The van der Waals surface area contributed by atoms with Crippen molar-refractivity contribution < 1.29 is 18.0 Å². The summed E-state index contributed by atoms with van der Waals surface area (Å²) in [5.74, 6) is -0.534. The number of alkyl halides is 1. The molecule has 0 saturated carbocycles. The fourth-order valence-electron chi connectivity index (χ4n) is 1.95. The summed E-state index contributed by atoms with van der Waals surface area (Å²) in [4.78, 5) is 23.3. The minimum Gasteiger partial charge on any atom is -0.341 e. The molecule has 0 spiro atoms. The van der Waals surface area contributed by atoms with E-state index < -0.39 is 22.0 Å². The van der Waals surface area contributed by atoms with Gasteiger partial charge < -0.3 is 10.6 Å². The van der Waals surface area contributed by atoms with Gasteiger partial charge in [-0.1, -0.05) is 12.1 Å². The molecule has 0 atom stereocenters. The lowest BCUT2D eigenvalue weighted by Gasteiger charge is -2.09. The summed E-state index contributed by atoms with van der Waals surface area (Å²) in [6.07, 6.45) is 0. The van der Waals surface area contributed by atoms with Crippen LogP contribution in [0.1, 0.15) is 15.9 Å². The highest BCUT2D eigenvalue weighted by Gasteiger charge is 2.19. The first-order valence-corrected chi connectivity index (χ1v) is 9.18. The lowest BCUT2D eigenvalue weighted by atomic mass is 10.1. The van der Waals surface area contributed by atoms with E-state index in [4.69, 9.17) is 11.6 Å². The molecule has 0 heterocycles. The summed E-state index contributed by atoms with van der Waals surface area (Å²) in [5, 5.41) is 4.88. The molecular formula is C16H16ClN3O4S. The molecule has 0 aliphatic carbocycles. The van der Waals surface area contributed by atoms with Crippen molar-refractivity contribution >= 4 is 39.2 Å². The molecule has 25 heavy (non-hydrogen) atoms. The molecule has 132 valence electrons. The van der Waals surface area contributed by atoms with Gasteiger partial charge in [0.05, 0.1) is 4.90 Å². The van der Waals surface area contributed by atoms with Crippen molar-refractivity contribution in [2.75, 3.05) is 12.4 Å². The number of amides is 3. The third kappa shape index (κ3) is 4.94. The van der Waals surface area contributed by atoms with E-state index in [1.165, 1.54) is 43.4 Å². The summed E-state index contributed by atoms with van der Waals surface area (Å²) in [6, 6.07) is 11.4. The molecule has 3 N–H and O–H groups in total. The minimum absolute atomic E-state index is 0.100. The first-order valence-electron chi connectivity index (χ1n) is 7.16. The van der Waals surface area contributed by atoms with Crippen LogP contribution in [0.3, 0.4) is 0 Å². The average Bonchev–Trinajstić information content (AvgIpc) is 2.61. The van der Waals surface area contributed by atoms with Gasteiger partial charge in [0, 0.05) is 24.2 Å². The Kier molecular flexibility index (Phi) is 6.00. The number of rotatable bonds is 5. The Labute approximate surface area is 150 Å².